The first-order valence-corrected chi connectivity index (χ1v) is 9.01. The first-order valence-electron chi connectivity index (χ1n) is 8.63. The van der Waals surface area contributed by atoms with E-state index in [1.165, 1.54) is 4.68 Å². The molecule has 7 heteroatoms. The number of aliphatic hydroxyl groups is 1. The first kappa shape index (κ1) is 19.6. The summed E-state index contributed by atoms with van der Waals surface area (Å²) in [5, 5.41) is 16.7. The van der Waals surface area contributed by atoms with Gasteiger partial charge in [-0.25, -0.2) is 0 Å². The molecule has 0 aliphatic carbocycles. The molecule has 0 spiro atoms. The summed E-state index contributed by atoms with van der Waals surface area (Å²) in [6.07, 6.45) is 0.336. The number of carbonyl (C=O) groups is 1. The Morgan fingerprint density at radius 1 is 1.25 bits per heavy atom. The molecule has 0 saturated heterocycles. The Balaban J connectivity index is 1.93. The van der Waals surface area contributed by atoms with Gasteiger partial charge in [-0.1, -0.05) is 41.6 Å². The van der Waals surface area contributed by atoms with Crippen LogP contribution < -0.4 is 10.7 Å². The molecule has 28 heavy (non-hydrogen) atoms. The smallest absolute Gasteiger partial charge is 0.276 e. The third-order valence-corrected chi connectivity index (χ3v) is 4.36. The number of carbonyl (C=O) groups excluding carboxylic acids is 1. The quantitative estimate of drug-likeness (QED) is 0.663. The van der Waals surface area contributed by atoms with Crippen LogP contribution >= 0.6 is 11.6 Å². The zero-order valence-electron chi connectivity index (χ0n) is 15.2. The number of hydrogen-bond donors (Lipinski definition) is 2. The molecule has 0 aliphatic heterocycles. The zero-order valence-corrected chi connectivity index (χ0v) is 16.0. The lowest BCUT2D eigenvalue weighted by Gasteiger charge is -2.10. The predicted molar refractivity (Wildman–Crippen MR) is 108 cm³/mol. The second-order valence-corrected chi connectivity index (χ2v) is 6.52. The molecule has 0 fully saturated rings. The number of rotatable bonds is 4. The monoisotopic (exact) mass is 395 g/mol. The van der Waals surface area contributed by atoms with Gasteiger partial charge in [0.1, 0.15) is 0 Å². The van der Waals surface area contributed by atoms with E-state index in [0.717, 1.165) is 5.56 Å². The summed E-state index contributed by atoms with van der Waals surface area (Å²) >= 11 is 5.85. The number of nitrogens with one attached hydrogen (secondary N) is 1. The van der Waals surface area contributed by atoms with Gasteiger partial charge in [0.05, 0.1) is 23.1 Å². The molecular weight excluding hydrogens is 378 g/mol. The number of halogens is 1. The highest BCUT2D eigenvalue weighted by atomic mass is 35.5. The molecule has 6 nitrogen and oxygen atoms in total. The summed E-state index contributed by atoms with van der Waals surface area (Å²) < 4.78 is 1.48. The average Bonchev–Trinajstić information content (AvgIpc) is 2.70. The van der Waals surface area contributed by atoms with E-state index in [-0.39, 0.29) is 18.8 Å². The maximum atomic E-state index is 12.8. The highest BCUT2D eigenvalue weighted by Gasteiger charge is 2.17. The summed E-state index contributed by atoms with van der Waals surface area (Å²) in [6.45, 7) is 0.221. The van der Waals surface area contributed by atoms with Gasteiger partial charge in [0.25, 0.3) is 5.91 Å². The Kier molecular flexibility index (Phi) is 6.09. The molecule has 3 aromatic rings. The fourth-order valence-electron chi connectivity index (χ4n) is 2.78. The number of aliphatic hydroxyl groups excluding tert-OH is 1. The Labute approximate surface area is 166 Å². The van der Waals surface area contributed by atoms with Crippen LogP contribution in [0.4, 0.5) is 0 Å². The largest absolute Gasteiger partial charge is 0.395 e. The zero-order chi connectivity index (χ0) is 20.1. The average molecular weight is 396 g/mol. The second kappa shape index (κ2) is 8.70. The van der Waals surface area contributed by atoms with Gasteiger partial charge in [-0.15, -0.1) is 0 Å². The summed E-state index contributed by atoms with van der Waals surface area (Å²) in [5.74, 6) is 5.23. The molecular formula is C21H18ClN3O3. The number of amides is 1. The van der Waals surface area contributed by atoms with Gasteiger partial charge >= 0.3 is 0 Å². The van der Waals surface area contributed by atoms with E-state index in [4.69, 9.17) is 16.7 Å². The van der Waals surface area contributed by atoms with Gasteiger partial charge in [0, 0.05) is 25.0 Å². The van der Waals surface area contributed by atoms with Crippen LogP contribution in [0.25, 0.3) is 10.9 Å². The summed E-state index contributed by atoms with van der Waals surface area (Å²) in [4.78, 5) is 25.3. The third-order valence-electron chi connectivity index (χ3n) is 4.11. The number of aryl methyl sites for hydroxylation is 1. The predicted octanol–water partition coefficient (Wildman–Crippen LogP) is 2.25. The standard InChI is InChI=1S/C21H18ClN3O3/c1-25-19-15(5-2-3-12-26)6-4-7-17(19)20(27)18(24-25)21(28)23-13-14-8-10-16(22)11-9-14/h4,6-11,26H,3,12-13H2,1H3,(H,23,28). The number of nitrogens with zero attached hydrogens (tertiary/aromatic N) is 2. The minimum absolute atomic E-state index is 0.0348. The van der Waals surface area contributed by atoms with Crippen LogP contribution in [0.3, 0.4) is 0 Å². The number of fused-ring (bicyclic) bond motifs is 1. The van der Waals surface area contributed by atoms with E-state index in [1.807, 2.05) is 0 Å². The van der Waals surface area contributed by atoms with Gasteiger partial charge in [0.2, 0.25) is 5.43 Å². The van der Waals surface area contributed by atoms with Crippen LogP contribution in [-0.4, -0.2) is 27.4 Å². The third kappa shape index (κ3) is 4.22. The van der Waals surface area contributed by atoms with E-state index in [9.17, 15) is 9.59 Å². The molecule has 1 aromatic heterocycles. The highest BCUT2D eigenvalue weighted by molar-refractivity contribution is 6.30. The van der Waals surface area contributed by atoms with Crippen molar-refractivity contribution >= 4 is 28.4 Å². The molecule has 3 rings (SSSR count). The maximum Gasteiger partial charge on any atom is 0.276 e. The number of benzene rings is 2. The van der Waals surface area contributed by atoms with E-state index < -0.39 is 11.3 Å². The van der Waals surface area contributed by atoms with Crippen LogP contribution in [0.15, 0.2) is 47.3 Å². The molecule has 0 aliphatic rings. The minimum atomic E-state index is -0.547. The van der Waals surface area contributed by atoms with Crippen LogP contribution in [0.5, 0.6) is 0 Å². The summed E-state index contributed by atoms with van der Waals surface area (Å²) in [6, 6.07) is 12.2. The van der Waals surface area contributed by atoms with E-state index in [2.05, 4.69) is 22.3 Å². The van der Waals surface area contributed by atoms with Crippen molar-refractivity contribution in [1.82, 2.24) is 15.1 Å². The van der Waals surface area contributed by atoms with Crippen molar-refractivity contribution in [2.75, 3.05) is 6.61 Å². The van der Waals surface area contributed by atoms with Crippen LogP contribution in [0.2, 0.25) is 5.02 Å². The van der Waals surface area contributed by atoms with Crippen LogP contribution in [0, 0.1) is 11.8 Å². The molecule has 2 aromatic carbocycles. The van der Waals surface area contributed by atoms with Gasteiger partial charge in [-0.2, -0.15) is 5.10 Å². The fourth-order valence-corrected chi connectivity index (χ4v) is 2.91. The Bertz CT molecular complexity index is 1140. The Morgan fingerprint density at radius 2 is 2.00 bits per heavy atom. The molecule has 0 bridgehead atoms. The van der Waals surface area contributed by atoms with Crippen molar-refractivity contribution in [1.29, 1.82) is 0 Å². The van der Waals surface area contributed by atoms with Gasteiger partial charge in [0.15, 0.2) is 5.69 Å². The molecule has 0 unspecified atom stereocenters. The highest BCUT2D eigenvalue weighted by Crippen LogP contribution is 2.14. The number of aromatic nitrogens is 2. The van der Waals surface area contributed by atoms with Gasteiger partial charge < -0.3 is 10.4 Å². The lowest BCUT2D eigenvalue weighted by atomic mass is 10.1. The van der Waals surface area contributed by atoms with E-state index in [0.29, 0.717) is 27.9 Å². The summed E-state index contributed by atoms with van der Waals surface area (Å²) in [7, 11) is 1.66. The van der Waals surface area contributed by atoms with Crippen molar-refractivity contribution in [2.24, 2.45) is 7.05 Å². The minimum Gasteiger partial charge on any atom is -0.395 e. The first-order chi connectivity index (χ1) is 13.5. The van der Waals surface area contributed by atoms with Crippen molar-refractivity contribution in [2.45, 2.75) is 13.0 Å². The molecule has 0 saturated carbocycles. The SMILES string of the molecule is Cn1nc(C(=O)NCc2ccc(Cl)cc2)c(=O)c2cccc(C#CCCO)c21. The Hall–Kier alpha value is -3.14. The molecule has 142 valence electrons. The van der Waals surface area contributed by atoms with Crippen molar-refractivity contribution < 1.29 is 9.90 Å². The molecule has 1 amide bonds. The molecule has 2 N–H and O–H groups in total. The Morgan fingerprint density at radius 3 is 2.71 bits per heavy atom. The maximum absolute atomic E-state index is 12.8. The van der Waals surface area contributed by atoms with Gasteiger partial charge in [-0.05, 0) is 29.8 Å². The van der Waals surface area contributed by atoms with Crippen molar-refractivity contribution in [3.63, 3.8) is 0 Å². The van der Waals surface area contributed by atoms with Crippen LogP contribution in [0.1, 0.15) is 28.0 Å². The van der Waals surface area contributed by atoms with Gasteiger partial charge in [-0.3, -0.25) is 14.3 Å². The van der Waals surface area contributed by atoms with E-state index in [1.54, 1.807) is 49.5 Å². The number of hydrogen-bond acceptors (Lipinski definition) is 4. The summed E-state index contributed by atoms with van der Waals surface area (Å²) in [5.41, 5.74) is 1.40. The lowest BCUT2D eigenvalue weighted by Crippen LogP contribution is -2.31. The number of para-hydroxylation sites is 1. The van der Waals surface area contributed by atoms with E-state index >= 15 is 0 Å². The normalized spacial score (nSPS) is 10.4. The van der Waals surface area contributed by atoms with Crippen molar-refractivity contribution in [3.8, 4) is 11.8 Å². The second-order valence-electron chi connectivity index (χ2n) is 6.09. The van der Waals surface area contributed by atoms with Crippen molar-refractivity contribution in [3.05, 3.63) is 74.5 Å². The topological polar surface area (TPSA) is 84.2 Å². The molecule has 1 heterocycles. The fraction of sp³-hybridized carbons (Fsp3) is 0.190. The lowest BCUT2D eigenvalue weighted by molar-refractivity contribution is 0.0943. The molecule has 0 atom stereocenters. The molecule has 0 radical (unpaired) electrons. The van der Waals surface area contributed by atoms with Crippen LogP contribution in [-0.2, 0) is 13.6 Å².